The maximum Gasteiger partial charge on any atom is 0.418 e. The first kappa shape index (κ1) is 10.4. The monoisotopic (exact) mass is 200 g/mol. The van der Waals surface area contributed by atoms with Crippen LogP contribution in [0.1, 0.15) is 11.1 Å². The topological polar surface area (TPSA) is 35.8 Å². The Kier molecular flexibility index (Phi) is 2.65. The maximum atomic E-state index is 12.4. The van der Waals surface area contributed by atoms with Crippen LogP contribution in [-0.2, 0) is 6.18 Å². The predicted molar refractivity (Wildman–Crippen MR) is 45.7 cm³/mol. The fourth-order valence-corrected chi connectivity index (χ4v) is 1.15. The summed E-state index contributed by atoms with van der Waals surface area (Å²) in [5, 5.41) is 11.0. The Balaban J connectivity index is 3.39. The Morgan fingerprint density at radius 2 is 2.00 bits per heavy atom. The molecule has 0 aromatic heterocycles. The molecule has 0 spiro atoms. The first-order valence-corrected chi connectivity index (χ1v) is 3.78. The van der Waals surface area contributed by atoms with Crippen molar-refractivity contribution in [3.8, 4) is 6.07 Å². The van der Waals surface area contributed by atoms with Gasteiger partial charge in [-0.1, -0.05) is 6.07 Å². The first-order valence-electron chi connectivity index (χ1n) is 3.78. The lowest BCUT2D eigenvalue weighted by Gasteiger charge is -2.12. The minimum atomic E-state index is -4.44. The number of benzene rings is 1. The zero-order valence-electron chi connectivity index (χ0n) is 7.31. The van der Waals surface area contributed by atoms with Gasteiger partial charge in [0.05, 0.1) is 16.8 Å². The number of alkyl halides is 3. The Morgan fingerprint density at radius 1 is 1.36 bits per heavy atom. The van der Waals surface area contributed by atoms with E-state index in [0.717, 1.165) is 6.07 Å². The normalized spacial score (nSPS) is 10.8. The fraction of sp³-hybridized carbons (Fsp3) is 0.222. The molecule has 1 N–H and O–H groups in total. The summed E-state index contributed by atoms with van der Waals surface area (Å²) >= 11 is 0. The molecule has 0 unspecified atom stereocenters. The molecule has 0 atom stereocenters. The second-order valence-corrected chi connectivity index (χ2v) is 2.59. The van der Waals surface area contributed by atoms with Gasteiger partial charge in [0.1, 0.15) is 6.07 Å². The van der Waals surface area contributed by atoms with Crippen molar-refractivity contribution in [1.29, 1.82) is 5.26 Å². The fourth-order valence-electron chi connectivity index (χ4n) is 1.15. The van der Waals surface area contributed by atoms with Gasteiger partial charge in [-0.15, -0.1) is 0 Å². The molecule has 5 heteroatoms. The summed E-state index contributed by atoms with van der Waals surface area (Å²) in [5.41, 5.74) is -1.01. The molecule has 2 nitrogen and oxygen atoms in total. The Bertz CT molecular complexity index is 377. The molecule has 0 amide bonds. The summed E-state index contributed by atoms with van der Waals surface area (Å²) in [6.07, 6.45) is -4.44. The first-order chi connectivity index (χ1) is 6.50. The number of hydrogen-bond donors (Lipinski definition) is 1. The number of rotatable bonds is 1. The summed E-state index contributed by atoms with van der Waals surface area (Å²) in [6, 6.07) is 5.18. The van der Waals surface area contributed by atoms with Gasteiger partial charge in [0, 0.05) is 7.05 Å². The van der Waals surface area contributed by atoms with Gasteiger partial charge >= 0.3 is 6.18 Å². The van der Waals surface area contributed by atoms with Crippen LogP contribution in [0.2, 0.25) is 0 Å². The van der Waals surface area contributed by atoms with Crippen molar-refractivity contribution in [3.05, 3.63) is 29.3 Å². The number of halogens is 3. The van der Waals surface area contributed by atoms with E-state index in [4.69, 9.17) is 5.26 Å². The average Bonchev–Trinajstić information content (AvgIpc) is 2.15. The van der Waals surface area contributed by atoms with Crippen LogP contribution in [0.4, 0.5) is 18.9 Å². The van der Waals surface area contributed by atoms with Crippen molar-refractivity contribution in [2.45, 2.75) is 6.18 Å². The van der Waals surface area contributed by atoms with E-state index in [1.807, 2.05) is 0 Å². The third kappa shape index (κ3) is 1.79. The minimum Gasteiger partial charge on any atom is -0.387 e. The van der Waals surface area contributed by atoms with Gasteiger partial charge < -0.3 is 5.32 Å². The molecular formula is C9H7F3N2. The van der Waals surface area contributed by atoms with Crippen molar-refractivity contribution < 1.29 is 13.2 Å². The van der Waals surface area contributed by atoms with Gasteiger partial charge in [0.25, 0.3) is 0 Å². The highest BCUT2D eigenvalue weighted by atomic mass is 19.4. The predicted octanol–water partition coefficient (Wildman–Crippen LogP) is 2.62. The van der Waals surface area contributed by atoms with E-state index in [9.17, 15) is 13.2 Å². The number of hydrogen-bond acceptors (Lipinski definition) is 2. The van der Waals surface area contributed by atoms with E-state index in [0.29, 0.717) is 0 Å². The summed E-state index contributed by atoms with van der Waals surface area (Å²) in [4.78, 5) is 0. The maximum absolute atomic E-state index is 12.4. The molecule has 1 aromatic carbocycles. The van der Waals surface area contributed by atoms with Crippen molar-refractivity contribution in [2.75, 3.05) is 12.4 Å². The highest BCUT2D eigenvalue weighted by Crippen LogP contribution is 2.36. The molecular weight excluding hydrogens is 193 g/mol. The lowest BCUT2D eigenvalue weighted by molar-refractivity contribution is -0.136. The second-order valence-electron chi connectivity index (χ2n) is 2.59. The van der Waals surface area contributed by atoms with E-state index >= 15 is 0 Å². The Hall–Kier alpha value is -1.70. The standard InChI is InChI=1S/C9H7F3N2/c1-14-8-6(5-13)3-2-4-7(8)9(10,11)12/h2-4,14H,1H3. The van der Waals surface area contributed by atoms with Gasteiger partial charge in [-0.25, -0.2) is 0 Å². The molecule has 0 radical (unpaired) electrons. The quantitative estimate of drug-likeness (QED) is 0.756. The van der Waals surface area contributed by atoms with Gasteiger partial charge in [-0.05, 0) is 12.1 Å². The molecule has 1 aromatic rings. The third-order valence-electron chi connectivity index (χ3n) is 1.74. The van der Waals surface area contributed by atoms with E-state index in [2.05, 4.69) is 5.32 Å². The smallest absolute Gasteiger partial charge is 0.387 e. The lowest BCUT2D eigenvalue weighted by atomic mass is 10.1. The van der Waals surface area contributed by atoms with E-state index < -0.39 is 11.7 Å². The van der Waals surface area contributed by atoms with Crippen LogP contribution in [0.15, 0.2) is 18.2 Å². The van der Waals surface area contributed by atoms with Gasteiger partial charge in [-0.3, -0.25) is 0 Å². The Morgan fingerprint density at radius 3 is 2.43 bits per heavy atom. The molecule has 0 heterocycles. The SMILES string of the molecule is CNc1c(C#N)cccc1C(F)(F)F. The van der Waals surface area contributed by atoms with E-state index in [1.165, 1.54) is 19.2 Å². The lowest BCUT2D eigenvalue weighted by Crippen LogP contribution is -2.09. The number of nitrogens with one attached hydrogen (secondary N) is 1. The van der Waals surface area contributed by atoms with Crippen molar-refractivity contribution in [1.82, 2.24) is 0 Å². The molecule has 0 saturated heterocycles. The Labute approximate surface area is 79.0 Å². The molecule has 14 heavy (non-hydrogen) atoms. The number of nitrogens with zero attached hydrogens (tertiary/aromatic N) is 1. The van der Waals surface area contributed by atoms with Crippen LogP contribution in [0.5, 0.6) is 0 Å². The zero-order valence-corrected chi connectivity index (χ0v) is 7.31. The summed E-state index contributed by atoms with van der Waals surface area (Å²) in [5.74, 6) is 0. The molecule has 74 valence electrons. The second kappa shape index (κ2) is 3.58. The van der Waals surface area contributed by atoms with Crippen molar-refractivity contribution in [3.63, 3.8) is 0 Å². The highest BCUT2D eigenvalue weighted by Gasteiger charge is 2.34. The molecule has 0 bridgehead atoms. The largest absolute Gasteiger partial charge is 0.418 e. The molecule has 1 rings (SSSR count). The number of anilines is 1. The average molecular weight is 200 g/mol. The number of para-hydroxylation sites is 1. The van der Waals surface area contributed by atoms with Crippen molar-refractivity contribution in [2.24, 2.45) is 0 Å². The van der Waals surface area contributed by atoms with Gasteiger partial charge in [0.15, 0.2) is 0 Å². The van der Waals surface area contributed by atoms with Crippen LogP contribution < -0.4 is 5.32 Å². The van der Waals surface area contributed by atoms with Gasteiger partial charge in [0.2, 0.25) is 0 Å². The van der Waals surface area contributed by atoms with E-state index in [1.54, 1.807) is 6.07 Å². The summed E-state index contributed by atoms with van der Waals surface area (Å²) in [6.45, 7) is 0. The molecule has 0 aliphatic rings. The number of nitriles is 1. The molecule has 0 aliphatic heterocycles. The van der Waals surface area contributed by atoms with Crippen molar-refractivity contribution >= 4 is 5.69 Å². The minimum absolute atomic E-state index is 0.0117. The zero-order chi connectivity index (χ0) is 10.8. The summed E-state index contributed by atoms with van der Waals surface area (Å²) < 4.78 is 37.2. The van der Waals surface area contributed by atoms with Crippen LogP contribution in [-0.4, -0.2) is 7.05 Å². The molecule has 0 aliphatic carbocycles. The van der Waals surface area contributed by atoms with Crippen LogP contribution in [0.3, 0.4) is 0 Å². The summed E-state index contributed by atoms with van der Waals surface area (Å²) in [7, 11) is 1.35. The highest BCUT2D eigenvalue weighted by molar-refractivity contribution is 5.63. The third-order valence-corrected chi connectivity index (χ3v) is 1.74. The molecule has 0 fully saturated rings. The van der Waals surface area contributed by atoms with Crippen LogP contribution in [0.25, 0.3) is 0 Å². The van der Waals surface area contributed by atoms with Crippen LogP contribution >= 0.6 is 0 Å². The van der Waals surface area contributed by atoms with Crippen LogP contribution in [0, 0.1) is 11.3 Å². The van der Waals surface area contributed by atoms with Gasteiger partial charge in [-0.2, -0.15) is 18.4 Å². The molecule has 0 saturated carbocycles. The van der Waals surface area contributed by atoms with E-state index in [-0.39, 0.29) is 11.3 Å².